The Balaban J connectivity index is 0.995. The van der Waals surface area contributed by atoms with Gasteiger partial charge in [-0.3, -0.25) is 34.2 Å². The lowest BCUT2D eigenvalue weighted by Gasteiger charge is -2.41. The number of aromatic nitrogens is 4. The van der Waals surface area contributed by atoms with Gasteiger partial charge in [0.2, 0.25) is 5.91 Å². The number of hydrogen-bond acceptors (Lipinski definition) is 17. The van der Waals surface area contributed by atoms with Crippen molar-refractivity contribution in [1.29, 1.82) is 0 Å². The van der Waals surface area contributed by atoms with E-state index in [0.29, 0.717) is 88.6 Å². The second-order valence-corrected chi connectivity index (χ2v) is 25.7. The number of esters is 1. The van der Waals surface area contributed by atoms with Gasteiger partial charge in [-0.25, -0.2) is 15.4 Å². The number of carbonyl (C=O) groups is 3. The van der Waals surface area contributed by atoms with Gasteiger partial charge in [0, 0.05) is 123 Å². The first kappa shape index (κ1) is 55.2. The molecule has 2 saturated carbocycles. The molecule has 5 aromatic rings. The number of nitrogens with zero attached hydrogens (tertiary/aromatic N) is 8. The molecular formula is C60H80N10O9S. The number of oxazole rings is 1. The minimum absolute atomic E-state index is 0.00993. The van der Waals surface area contributed by atoms with Crippen molar-refractivity contribution in [3.8, 4) is 22.5 Å². The Morgan fingerprint density at radius 1 is 0.975 bits per heavy atom. The van der Waals surface area contributed by atoms with Gasteiger partial charge in [-0.2, -0.15) is 0 Å². The molecule has 20 heteroatoms. The van der Waals surface area contributed by atoms with Crippen LogP contribution in [-0.4, -0.2) is 168 Å². The summed E-state index contributed by atoms with van der Waals surface area (Å²) in [5.41, 5.74) is 11.0. The molecule has 2 aliphatic carbocycles. The number of morpholine rings is 1. The van der Waals surface area contributed by atoms with E-state index in [1.807, 2.05) is 13.1 Å². The Labute approximate surface area is 473 Å². The van der Waals surface area contributed by atoms with Gasteiger partial charge in [-0.15, -0.1) is 11.3 Å². The van der Waals surface area contributed by atoms with Gasteiger partial charge in [0.15, 0.2) is 6.39 Å². The molecule has 12 rings (SSSR count). The van der Waals surface area contributed by atoms with Crippen LogP contribution < -0.4 is 15.6 Å². The molecule has 6 bridgehead atoms. The first-order chi connectivity index (χ1) is 38.6. The third kappa shape index (κ3) is 11.4. The molecule has 2 amide bonds. The predicted octanol–water partition coefficient (Wildman–Crippen LogP) is 7.31. The number of hydrogen-bond donors (Lipinski definition) is 2. The fraction of sp³-hybridized carbons (Fsp3) is 0.633. The van der Waals surface area contributed by atoms with E-state index in [9.17, 15) is 9.59 Å². The Morgan fingerprint density at radius 2 is 1.79 bits per heavy atom. The number of methoxy groups -OCH3 is 1. The van der Waals surface area contributed by atoms with Crippen molar-refractivity contribution in [2.75, 3.05) is 90.9 Å². The molecular weight excluding hydrogens is 1040 g/mol. The van der Waals surface area contributed by atoms with Crippen LogP contribution in [0.3, 0.4) is 0 Å². The number of piperazine rings is 1. The number of pyridine rings is 1. The van der Waals surface area contributed by atoms with Crippen LogP contribution in [-0.2, 0) is 51.0 Å². The van der Waals surface area contributed by atoms with Crippen molar-refractivity contribution in [2.45, 2.75) is 141 Å². The monoisotopic (exact) mass is 1120 g/mol. The molecule has 0 radical (unpaired) electrons. The summed E-state index contributed by atoms with van der Waals surface area (Å²) in [5, 5.41) is 8.63. The number of anilines is 1. The van der Waals surface area contributed by atoms with E-state index in [2.05, 4.69) is 99.3 Å². The zero-order valence-corrected chi connectivity index (χ0v) is 48.4. The number of ether oxygens (including phenoxy) is 5. The predicted molar refractivity (Wildman–Crippen MR) is 303 cm³/mol. The maximum atomic E-state index is 15.4. The van der Waals surface area contributed by atoms with Crippen LogP contribution in [0.15, 0.2) is 52.9 Å². The average molecular weight is 1120 g/mol. The maximum absolute atomic E-state index is 15.4. The van der Waals surface area contributed by atoms with Gasteiger partial charge < -0.3 is 42.9 Å². The van der Waals surface area contributed by atoms with E-state index in [1.54, 1.807) is 13.4 Å². The van der Waals surface area contributed by atoms with Crippen molar-refractivity contribution < 1.29 is 42.5 Å². The van der Waals surface area contributed by atoms with Gasteiger partial charge in [-0.05, 0) is 89.0 Å². The summed E-state index contributed by atoms with van der Waals surface area (Å²) in [4.78, 5) is 67.0. The number of thiazole rings is 1. The van der Waals surface area contributed by atoms with Crippen molar-refractivity contribution in [3.05, 3.63) is 70.5 Å². The highest BCUT2D eigenvalue weighted by molar-refractivity contribution is 7.10. The van der Waals surface area contributed by atoms with E-state index < -0.39 is 35.4 Å². The summed E-state index contributed by atoms with van der Waals surface area (Å²) in [6, 6.07) is 7.16. The van der Waals surface area contributed by atoms with Gasteiger partial charge in [0.25, 0.3) is 5.91 Å². The second kappa shape index (κ2) is 22.8. The minimum atomic E-state index is -1.07. The zero-order chi connectivity index (χ0) is 55.5. The van der Waals surface area contributed by atoms with E-state index >= 15 is 4.79 Å². The lowest BCUT2D eigenvalue weighted by Crippen LogP contribution is -2.63. The van der Waals surface area contributed by atoms with Crippen molar-refractivity contribution in [2.24, 2.45) is 17.3 Å². The van der Waals surface area contributed by atoms with Crippen LogP contribution in [0, 0.1) is 17.3 Å². The molecule has 9 heterocycles. The van der Waals surface area contributed by atoms with E-state index in [4.69, 9.17) is 38.1 Å². The van der Waals surface area contributed by atoms with Crippen LogP contribution in [0.2, 0.25) is 0 Å². The smallest absolute Gasteiger partial charge is 0.324 e. The Bertz CT molecular complexity index is 3030. The lowest BCUT2D eigenvalue weighted by atomic mass is 9.84. The first-order valence-electron chi connectivity index (χ1n) is 29.3. The highest BCUT2D eigenvalue weighted by Gasteiger charge is 2.55. The zero-order valence-electron chi connectivity index (χ0n) is 47.6. The third-order valence-electron chi connectivity index (χ3n) is 18.0. The summed E-state index contributed by atoms with van der Waals surface area (Å²) >= 11 is 1.49. The summed E-state index contributed by atoms with van der Waals surface area (Å²) in [6.45, 7) is 20.7. The molecule has 19 nitrogen and oxygen atoms in total. The quantitative estimate of drug-likeness (QED) is 0.112. The van der Waals surface area contributed by atoms with Crippen LogP contribution in [0.5, 0.6) is 0 Å². The van der Waals surface area contributed by atoms with Gasteiger partial charge >= 0.3 is 5.97 Å². The van der Waals surface area contributed by atoms with Crippen molar-refractivity contribution in [3.63, 3.8) is 0 Å². The number of rotatable bonds is 13. The molecule has 1 aromatic carbocycles. The van der Waals surface area contributed by atoms with E-state index in [0.717, 1.165) is 89.4 Å². The number of fused-ring (bicyclic) bond motifs is 6. The SMILES string of the molecule is CO[C@@H](C)c1ncc(N2CCN(C3CC3)CC2)cc1-c1c2c3cc(ccc3n1CCO[C@@H]1CCOC(C)(C)C1)-c1csc(n1)[C@@H](N1CCOCC1)[C@H](NC(=O)[C@@H]1[C@@H](C)[C@H]1c1cocn1)C(=O)N1CCC[C@H](N1)C(=O)OCC(C)(C)C2. The summed E-state index contributed by atoms with van der Waals surface area (Å²) < 4.78 is 39.1. The fourth-order valence-corrected chi connectivity index (χ4v) is 14.3. The normalized spacial score (nSPS) is 28.1. The number of benzene rings is 1. The Hall–Kier alpha value is -5.32. The second-order valence-electron chi connectivity index (χ2n) is 24.8. The topological polar surface area (TPSA) is 191 Å². The molecule has 7 aliphatic rings. The number of amides is 2. The van der Waals surface area contributed by atoms with Gasteiger partial charge in [0.1, 0.15) is 23.4 Å². The number of nitrogens with one attached hydrogen (secondary N) is 2. The molecule has 8 atom stereocenters. The van der Waals surface area contributed by atoms with E-state index in [-0.39, 0.29) is 48.1 Å². The largest absolute Gasteiger partial charge is 0.464 e. The highest BCUT2D eigenvalue weighted by atomic mass is 32.1. The molecule has 0 unspecified atom stereocenters. The van der Waals surface area contributed by atoms with E-state index in [1.165, 1.54) is 35.6 Å². The Morgan fingerprint density at radius 3 is 2.54 bits per heavy atom. The van der Waals surface area contributed by atoms with Crippen molar-refractivity contribution >= 4 is 45.7 Å². The molecule has 2 N–H and O–H groups in total. The lowest BCUT2D eigenvalue weighted by molar-refractivity contribution is -0.156. The number of cyclic esters (lactones) is 1. The molecule has 80 heavy (non-hydrogen) atoms. The summed E-state index contributed by atoms with van der Waals surface area (Å²) in [5.74, 6) is -1.57. The fourth-order valence-electron chi connectivity index (χ4n) is 13.3. The van der Waals surface area contributed by atoms with Crippen molar-refractivity contribution in [1.82, 2.24) is 45.1 Å². The summed E-state index contributed by atoms with van der Waals surface area (Å²) in [7, 11) is 1.74. The third-order valence-corrected chi connectivity index (χ3v) is 18.9. The molecule has 4 aromatic heterocycles. The molecule has 6 fully saturated rings. The summed E-state index contributed by atoms with van der Waals surface area (Å²) in [6.07, 6.45) is 10.5. The molecule has 430 valence electrons. The molecule has 0 spiro atoms. The minimum Gasteiger partial charge on any atom is -0.464 e. The van der Waals surface area contributed by atoms with Crippen LogP contribution >= 0.6 is 11.3 Å². The van der Waals surface area contributed by atoms with Crippen LogP contribution in [0.4, 0.5) is 5.69 Å². The maximum Gasteiger partial charge on any atom is 0.324 e. The first-order valence-corrected chi connectivity index (χ1v) is 30.1. The number of carbonyl (C=O) groups excluding carboxylic acids is 3. The van der Waals surface area contributed by atoms with Gasteiger partial charge in [0.05, 0.1) is 84.9 Å². The molecule has 4 saturated heterocycles. The number of hydrazine groups is 1. The van der Waals surface area contributed by atoms with Gasteiger partial charge in [-0.1, -0.05) is 26.8 Å². The van der Waals surface area contributed by atoms with Crippen LogP contribution in [0.1, 0.15) is 120 Å². The standard InChI is InChI=1S/C60H80N10O9S/c1-36-49(46-32-76-35-62-46)50(36)55(71)64-52-54(68-20-24-75-25-21-68)56-63-47(33-80-56)38-10-13-48-42(27-38)44(30-59(3,4)34-78-58(73)45-9-8-15-70(65-45)57(52)72)53(69(48)22-26-77-41-14-23-79-60(5,6)29-41)43-28-40(31-61-51(43)37(2)74-7)67-18-16-66(17-19-67)39-11-12-39/h10,13,27-28,31-33,35-37,39,41,45,49-50,52,54,65H,8-9,11-12,14-26,29-30,34H2,1-7H3,(H,64,71)/t36-,37-,41+,45-,49-,50+,52-,54-/m0/s1. The Kier molecular flexibility index (Phi) is 15.7. The highest BCUT2D eigenvalue weighted by Crippen LogP contribution is 2.53. The van der Waals surface area contributed by atoms with Crippen LogP contribution in [0.25, 0.3) is 33.4 Å². The molecule has 5 aliphatic heterocycles. The average Bonchev–Trinajstić information content (AvgIpc) is 4.24.